The minimum absolute atomic E-state index is 0.0352. The van der Waals surface area contributed by atoms with Crippen molar-refractivity contribution in [3.05, 3.63) is 0 Å². The maximum Gasteiger partial charge on any atom is 0.249 e. The van der Waals surface area contributed by atoms with E-state index in [1.165, 1.54) is 12.0 Å². The quantitative estimate of drug-likeness (QED) is 0.306. The smallest absolute Gasteiger partial charge is 0.249 e. The third-order valence-corrected chi connectivity index (χ3v) is 5.17. The summed E-state index contributed by atoms with van der Waals surface area (Å²) in [6.45, 7) is 0.200. The summed E-state index contributed by atoms with van der Waals surface area (Å²) in [6.07, 6.45) is 2.04. The van der Waals surface area contributed by atoms with Crippen molar-refractivity contribution in [1.29, 1.82) is 0 Å². The SMILES string of the molecule is CSO[C@@H]1C(N)CC(NC(=O)C(O)CCN)CC1OC1CCC(CO)O1. The van der Waals surface area contributed by atoms with E-state index < -0.39 is 18.3 Å². The van der Waals surface area contributed by atoms with Gasteiger partial charge < -0.3 is 40.7 Å². The van der Waals surface area contributed by atoms with Gasteiger partial charge in [0, 0.05) is 24.8 Å². The number of nitrogens with two attached hydrogens (primary N) is 2. The van der Waals surface area contributed by atoms with Crippen molar-refractivity contribution >= 4 is 17.9 Å². The van der Waals surface area contributed by atoms with Crippen molar-refractivity contribution < 1.29 is 28.7 Å². The Morgan fingerprint density at radius 1 is 1.42 bits per heavy atom. The van der Waals surface area contributed by atoms with Gasteiger partial charge in [-0.05, 0) is 44.3 Å². The van der Waals surface area contributed by atoms with E-state index in [1.54, 1.807) is 0 Å². The molecule has 0 bridgehead atoms. The summed E-state index contributed by atoms with van der Waals surface area (Å²) in [5, 5.41) is 21.8. The van der Waals surface area contributed by atoms with Crippen LogP contribution in [0.4, 0.5) is 0 Å². The lowest BCUT2D eigenvalue weighted by molar-refractivity contribution is -0.194. The number of aliphatic hydroxyl groups excluding tert-OH is 2. The molecule has 0 spiro atoms. The average Bonchev–Trinajstić information content (AvgIpc) is 3.06. The van der Waals surface area contributed by atoms with Crippen LogP contribution in [0, 0.1) is 0 Å². The summed E-state index contributed by atoms with van der Waals surface area (Å²) in [4.78, 5) is 12.1. The highest BCUT2D eigenvalue weighted by Gasteiger charge is 2.41. The molecule has 0 aromatic rings. The van der Waals surface area contributed by atoms with Crippen LogP contribution in [0.2, 0.25) is 0 Å². The monoisotopic (exact) mass is 393 g/mol. The molecule has 1 aliphatic heterocycles. The predicted molar refractivity (Wildman–Crippen MR) is 97.1 cm³/mol. The third kappa shape index (κ3) is 6.03. The number of hydrogen-bond donors (Lipinski definition) is 5. The van der Waals surface area contributed by atoms with Gasteiger partial charge in [0.15, 0.2) is 6.29 Å². The van der Waals surface area contributed by atoms with Crippen molar-refractivity contribution in [2.24, 2.45) is 11.5 Å². The fraction of sp³-hybridized carbons (Fsp3) is 0.938. The van der Waals surface area contributed by atoms with Crippen LogP contribution in [0.5, 0.6) is 0 Å². The predicted octanol–water partition coefficient (Wildman–Crippen LogP) is -1.15. The molecule has 2 rings (SSSR count). The molecule has 0 aromatic carbocycles. The molecule has 2 fully saturated rings. The summed E-state index contributed by atoms with van der Waals surface area (Å²) >= 11 is 1.22. The molecule has 1 heterocycles. The Hall–Kier alpha value is -0.460. The molecule has 1 saturated heterocycles. The van der Waals surface area contributed by atoms with Gasteiger partial charge in [-0.15, -0.1) is 0 Å². The first-order chi connectivity index (χ1) is 12.5. The zero-order valence-corrected chi connectivity index (χ0v) is 15.9. The van der Waals surface area contributed by atoms with Crippen LogP contribution in [0.25, 0.3) is 0 Å². The molecule has 9 nitrogen and oxygen atoms in total. The molecule has 7 atom stereocenters. The molecule has 2 aliphatic rings. The molecule has 10 heteroatoms. The number of aliphatic hydroxyl groups is 2. The Morgan fingerprint density at radius 2 is 2.19 bits per heavy atom. The Bertz CT molecular complexity index is 446. The highest BCUT2D eigenvalue weighted by atomic mass is 32.2. The van der Waals surface area contributed by atoms with E-state index in [0.717, 1.165) is 6.42 Å². The molecule has 7 N–H and O–H groups in total. The lowest BCUT2D eigenvalue weighted by Gasteiger charge is -2.40. The van der Waals surface area contributed by atoms with E-state index in [-0.39, 0.29) is 50.0 Å². The van der Waals surface area contributed by atoms with Gasteiger partial charge in [-0.3, -0.25) is 4.79 Å². The van der Waals surface area contributed by atoms with Crippen LogP contribution in [-0.2, 0) is 18.5 Å². The lowest BCUT2D eigenvalue weighted by atomic mass is 9.86. The minimum Gasteiger partial charge on any atom is -0.394 e. The number of ether oxygens (including phenoxy) is 2. The van der Waals surface area contributed by atoms with Crippen LogP contribution in [-0.4, -0.2) is 78.3 Å². The van der Waals surface area contributed by atoms with Crippen molar-refractivity contribution in [1.82, 2.24) is 5.32 Å². The molecule has 152 valence electrons. The van der Waals surface area contributed by atoms with Crippen LogP contribution in [0.15, 0.2) is 0 Å². The topological polar surface area (TPSA) is 149 Å². The van der Waals surface area contributed by atoms with E-state index in [4.69, 9.17) is 25.1 Å². The van der Waals surface area contributed by atoms with Gasteiger partial charge in [-0.1, -0.05) is 0 Å². The fourth-order valence-electron chi connectivity index (χ4n) is 3.43. The van der Waals surface area contributed by atoms with Gasteiger partial charge >= 0.3 is 0 Å². The first kappa shape index (κ1) is 21.8. The number of amides is 1. The Morgan fingerprint density at radius 3 is 2.81 bits per heavy atom. The van der Waals surface area contributed by atoms with Crippen LogP contribution in [0.1, 0.15) is 32.1 Å². The molecule has 26 heavy (non-hydrogen) atoms. The summed E-state index contributed by atoms with van der Waals surface area (Å²) in [7, 11) is 0. The van der Waals surface area contributed by atoms with E-state index in [2.05, 4.69) is 5.32 Å². The second-order valence-electron chi connectivity index (χ2n) is 6.78. The Balaban J connectivity index is 1.96. The largest absolute Gasteiger partial charge is 0.394 e. The summed E-state index contributed by atoms with van der Waals surface area (Å²) in [5.74, 6) is -0.451. The van der Waals surface area contributed by atoms with Gasteiger partial charge in [0.1, 0.15) is 12.2 Å². The second kappa shape index (κ2) is 10.8. The van der Waals surface area contributed by atoms with Crippen molar-refractivity contribution in [3.8, 4) is 0 Å². The van der Waals surface area contributed by atoms with Crippen LogP contribution in [0.3, 0.4) is 0 Å². The van der Waals surface area contributed by atoms with Gasteiger partial charge in [0.2, 0.25) is 5.91 Å². The molecule has 1 aliphatic carbocycles. The normalized spacial score (nSPS) is 36.0. The lowest BCUT2D eigenvalue weighted by Crippen LogP contribution is -2.57. The number of hydrogen-bond acceptors (Lipinski definition) is 9. The molecular weight excluding hydrogens is 362 g/mol. The number of rotatable bonds is 9. The van der Waals surface area contributed by atoms with E-state index in [0.29, 0.717) is 19.3 Å². The summed E-state index contributed by atoms with van der Waals surface area (Å²) in [5.41, 5.74) is 11.6. The van der Waals surface area contributed by atoms with E-state index in [9.17, 15) is 15.0 Å². The van der Waals surface area contributed by atoms with E-state index in [1.807, 2.05) is 6.26 Å². The molecular formula is C16H31N3O6S. The first-order valence-corrected chi connectivity index (χ1v) is 10.2. The highest BCUT2D eigenvalue weighted by Crippen LogP contribution is 2.30. The van der Waals surface area contributed by atoms with E-state index >= 15 is 0 Å². The zero-order valence-electron chi connectivity index (χ0n) is 15.1. The van der Waals surface area contributed by atoms with Crippen molar-refractivity contribution in [3.63, 3.8) is 0 Å². The molecule has 1 saturated carbocycles. The highest BCUT2D eigenvalue weighted by molar-refractivity contribution is 7.93. The molecule has 0 radical (unpaired) electrons. The molecule has 1 amide bonds. The van der Waals surface area contributed by atoms with Crippen LogP contribution >= 0.6 is 12.0 Å². The van der Waals surface area contributed by atoms with Crippen LogP contribution < -0.4 is 16.8 Å². The number of carbonyl (C=O) groups excluding carboxylic acids is 1. The Kier molecular flexibility index (Phi) is 9.04. The number of nitrogens with one attached hydrogen (secondary N) is 1. The average molecular weight is 394 g/mol. The maximum atomic E-state index is 12.1. The minimum atomic E-state index is -1.13. The molecule has 0 aromatic heterocycles. The van der Waals surface area contributed by atoms with Gasteiger partial charge in [0.25, 0.3) is 0 Å². The molecule has 6 unspecified atom stereocenters. The second-order valence-corrected chi connectivity index (χ2v) is 7.31. The fourth-order valence-corrected chi connectivity index (χ4v) is 3.92. The third-order valence-electron chi connectivity index (χ3n) is 4.76. The van der Waals surface area contributed by atoms with Crippen molar-refractivity contribution in [2.45, 2.75) is 74.9 Å². The van der Waals surface area contributed by atoms with Gasteiger partial charge in [0.05, 0.1) is 18.8 Å². The van der Waals surface area contributed by atoms with Gasteiger partial charge in [-0.2, -0.15) is 0 Å². The maximum absolute atomic E-state index is 12.1. The standard InChI is InChI=1S/C16H31N3O6S/c1-26-25-15-11(18)6-9(19-16(22)12(21)4-5-17)7-13(15)24-14-3-2-10(8-20)23-14/h9-15,20-21H,2-8,17-18H2,1H3,(H,19,22)/t9?,10?,11?,12?,13?,14?,15-/m1/s1. The first-order valence-electron chi connectivity index (χ1n) is 9.03. The zero-order chi connectivity index (χ0) is 19.1. The number of carbonyl (C=O) groups is 1. The summed E-state index contributed by atoms with van der Waals surface area (Å²) < 4.78 is 17.4. The van der Waals surface area contributed by atoms with Gasteiger partial charge in [-0.25, -0.2) is 0 Å². The van der Waals surface area contributed by atoms with Crippen molar-refractivity contribution in [2.75, 3.05) is 19.4 Å². The summed E-state index contributed by atoms with van der Waals surface area (Å²) in [6, 6.07) is -0.556. The Labute approximate surface area is 158 Å².